The van der Waals surface area contributed by atoms with Crippen molar-refractivity contribution >= 4 is 5.69 Å². The van der Waals surface area contributed by atoms with Crippen molar-refractivity contribution in [3.05, 3.63) is 37.8 Å². The zero-order valence-electron chi connectivity index (χ0n) is 8.93. The van der Waals surface area contributed by atoms with E-state index >= 15 is 0 Å². The standard InChI is InChI=1S/C9H12N2O5/c1-5-7(3-12)10(14)8(4-13)6(2)9(5)11(15)16/h12-13H,3-4H2,1-2H3. The monoisotopic (exact) mass is 228 g/mol. The molecular formula is C9H12N2O5. The van der Waals surface area contributed by atoms with Crippen LogP contribution in [0.1, 0.15) is 22.5 Å². The fourth-order valence-corrected chi connectivity index (χ4v) is 1.66. The van der Waals surface area contributed by atoms with Gasteiger partial charge in [0.05, 0.1) is 16.1 Å². The van der Waals surface area contributed by atoms with E-state index in [1.54, 1.807) is 0 Å². The Hall–Kier alpha value is -1.73. The highest BCUT2D eigenvalue weighted by Gasteiger charge is 2.29. The fourth-order valence-electron chi connectivity index (χ4n) is 1.66. The number of nitro groups is 1. The van der Waals surface area contributed by atoms with Crippen LogP contribution in [0.25, 0.3) is 0 Å². The molecule has 0 bridgehead atoms. The molecule has 1 rings (SSSR count). The van der Waals surface area contributed by atoms with E-state index < -0.39 is 18.1 Å². The van der Waals surface area contributed by atoms with Crippen LogP contribution in [-0.4, -0.2) is 15.1 Å². The molecule has 0 aliphatic carbocycles. The summed E-state index contributed by atoms with van der Waals surface area (Å²) in [5, 5.41) is 40.4. The molecule has 0 atom stereocenters. The first kappa shape index (κ1) is 12.3. The SMILES string of the molecule is Cc1c([N+](=O)[O-])c(C)c(CO)[n+]([O-])c1CO. The van der Waals surface area contributed by atoms with Crippen molar-refractivity contribution in [3.8, 4) is 0 Å². The van der Waals surface area contributed by atoms with Gasteiger partial charge in [-0.2, -0.15) is 4.73 Å². The molecule has 0 amide bonds. The van der Waals surface area contributed by atoms with E-state index in [9.17, 15) is 15.3 Å². The van der Waals surface area contributed by atoms with E-state index in [1.807, 2.05) is 0 Å². The molecular weight excluding hydrogens is 216 g/mol. The van der Waals surface area contributed by atoms with Crippen molar-refractivity contribution in [2.24, 2.45) is 0 Å². The summed E-state index contributed by atoms with van der Waals surface area (Å²) >= 11 is 0. The second kappa shape index (κ2) is 4.42. The summed E-state index contributed by atoms with van der Waals surface area (Å²) in [4.78, 5) is 10.2. The normalized spacial score (nSPS) is 10.5. The van der Waals surface area contributed by atoms with Crippen LogP contribution in [0.4, 0.5) is 5.69 Å². The number of aliphatic hydroxyl groups excluding tert-OH is 2. The summed E-state index contributed by atoms with van der Waals surface area (Å²) in [5.41, 5.74) is -0.211. The van der Waals surface area contributed by atoms with Crippen LogP contribution in [0.2, 0.25) is 0 Å². The van der Waals surface area contributed by atoms with Crippen LogP contribution in [-0.2, 0) is 13.2 Å². The van der Waals surface area contributed by atoms with Gasteiger partial charge in [0.1, 0.15) is 13.2 Å². The van der Waals surface area contributed by atoms with Crippen LogP contribution in [0.5, 0.6) is 0 Å². The van der Waals surface area contributed by atoms with E-state index in [2.05, 4.69) is 0 Å². The molecule has 0 aliphatic heterocycles. The van der Waals surface area contributed by atoms with Crippen LogP contribution < -0.4 is 4.73 Å². The van der Waals surface area contributed by atoms with Gasteiger partial charge in [-0.3, -0.25) is 10.1 Å². The van der Waals surface area contributed by atoms with Crippen molar-refractivity contribution in [2.75, 3.05) is 0 Å². The molecule has 0 fully saturated rings. The summed E-state index contributed by atoms with van der Waals surface area (Å²) < 4.78 is 0.345. The maximum atomic E-state index is 11.6. The molecule has 1 heterocycles. The molecule has 0 saturated heterocycles. The number of aromatic nitrogens is 1. The lowest BCUT2D eigenvalue weighted by Crippen LogP contribution is -2.39. The minimum absolute atomic E-state index is 0.110. The molecule has 2 N–H and O–H groups in total. The van der Waals surface area contributed by atoms with Crippen molar-refractivity contribution in [2.45, 2.75) is 27.1 Å². The van der Waals surface area contributed by atoms with Gasteiger partial charge in [0.25, 0.3) is 5.69 Å². The predicted molar refractivity (Wildman–Crippen MR) is 53.4 cm³/mol. The first-order valence-corrected chi connectivity index (χ1v) is 4.56. The van der Waals surface area contributed by atoms with E-state index in [0.717, 1.165) is 0 Å². The van der Waals surface area contributed by atoms with E-state index in [0.29, 0.717) is 4.73 Å². The van der Waals surface area contributed by atoms with Gasteiger partial charge in [-0.1, -0.05) is 0 Å². The molecule has 16 heavy (non-hydrogen) atoms. The van der Waals surface area contributed by atoms with Gasteiger partial charge in [-0.25, -0.2) is 0 Å². The van der Waals surface area contributed by atoms with Crippen molar-refractivity contribution in [1.29, 1.82) is 0 Å². The van der Waals surface area contributed by atoms with E-state index in [1.165, 1.54) is 13.8 Å². The highest BCUT2D eigenvalue weighted by atomic mass is 16.6. The Kier molecular flexibility index (Phi) is 3.41. The Labute approximate surface area is 91.3 Å². The zero-order valence-corrected chi connectivity index (χ0v) is 8.93. The Bertz CT molecular complexity index is 413. The first-order chi connectivity index (χ1) is 7.45. The lowest BCUT2D eigenvalue weighted by Gasteiger charge is -2.12. The maximum Gasteiger partial charge on any atom is 0.288 e. The summed E-state index contributed by atoms with van der Waals surface area (Å²) in [6.45, 7) is 1.57. The molecule has 88 valence electrons. The number of aliphatic hydroxyl groups is 2. The Balaban J connectivity index is 3.70. The second-order valence-corrected chi connectivity index (χ2v) is 3.36. The van der Waals surface area contributed by atoms with Gasteiger partial charge in [0, 0.05) is 0 Å². The highest BCUT2D eigenvalue weighted by molar-refractivity contribution is 5.48. The zero-order chi connectivity index (χ0) is 12.5. The van der Waals surface area contributed by atoms with Gasteiger partial charge >= 0.3 is 0 Å². The van der Waals surface area contributed by atoms with E-state index in [-0.39, 0.29) is 28.2 Å². The van der Waals surface area contributed by atoms with Crippen LogP contribution in [0.3, 0.4) is 0 Å². The predicted octanol–water partition coefficient (Wildman–Crippen LogP) is -0.170. The molecule has 1 aromatic heterocycles. The third kappa shape index (κ3) is 1.70. The Morgan fingerprint density at radius 3 is 1.81 bits per heavy atom. The number of pyridine rings is 1. The quantitative estimate of drug-likeness (QED) is 0.323. The minimum Gasteiger partial charge on any atom is -0.618 e. The lowest BCUT2D eigenvalue weighted by atomic mass is 10.1. The third-order valence-corrected chi connectivity index (χ3v) is 2.55. The van der Waals surface area contributed by atoms with Gasteiger partial charge in [0.2, 0.25) is 11.4 Å². The van der Waals surface area contributed by atoms with E-state index in [4.69, 9.17) is 10.2 Å². The molecule has 0 aliphatic rings. The number of nitrogens with zero attached hydrogens (tertiary/aromatic N) is 2. The smallest absolute Gasteiger partial charge is 0.288 e. The first-order valence-electron chi connectivity index (χ1n) is 4.56. The molecule has 0 aromatic carbocycles. The molecule has 7 nitrogen and oxygen atoms in total. The number of hydrogen-bond donors (Lipinski definition) is 2. The molecule has 1 aromatic rings. The van der Waals surface area contributed by atoms with Crippen molar-refractivity contribution in [1.82, 2.24) is 0 Å². The average molecular weight is 228 g/mol. The van der Waals surface area contributed by atoms with Gasteiger partial charge < -0.3 is 15.4 Å². The lowest BCUT2D eigenvalue weighted by molar-refractivity contribution is -0.628. The molecule has 0 saturated carbocycles. The summed E-state index contributed by atoms with van der Waals surface area (Å²) in [5.74, 6) is 0. The van der Waals surface area contributed by atoms with Crippen LogP contribution in [0, 0.1) is 29.2 Å². The van der Waals surface area contributed by atoms with Crippen LogP contribution in [0.15, 0.2) is 0 Å². The maximum absolute atomic E-state index is 11.6. The van der Waals surface area contributed by atoms with Crippen molar-refractivity contribution in [3.63, 3.8) is 0 Å². The fraction of sp³-hybridized carbons (Fsp3) is 0.444. The third-order valence-electron chi connectivity index (χ3n) is 2.55. The molecule has 0 spiro atoms. The van der Waals surface area contributed by atoms with Gasteiger partial charge in [-0.05, 0) is 13.8 Å². The molecule has 0 radical (unpaired) electrons. The summed E-state index contributed by atoms with van der Waals surface area (Å²) in [6, 6.07) is 0. The summed E-state index contributed by atoms with van der Waals surface area (Å²) in [7, 11) is 0. The Morgan fingerprint density at radius 1 is 1.19 bits per heavy atom. The van der Waals surface area contributed by atoms with Crippen molar-refractivity contribution < 1.29 is 19.9 Å². The molecule has 0 unspecified atom stereocenters. The molecule has 7 heteroatoms. The highest BCUT2D eigenvalue weighted by Crippen LogP contribution is 2.26. The average Bonchev–Trinajstić information content (AvgIpc) is 2.18. The Morgan fingerprint density at radius 2 is 1.56 bits per heavy atom. The number of rotatable bonds is 3. The topological polar surface area (TPSA) is 111 Å². The number of hydrogen-bond acceptors (Lipinski definition) is 5. The second-order valence-electron chi connectivity index (χ2n) is 3.36. The minimum atomic E-state index is -0.622. The van der Waals surface area contributed by atoms with Crippen LogP contribution >= 0.6 is 0 Å². The van der Waals surface area contributed by atoms with Gasteiger partial charge in [0.15, 0.2) is 0 Å². The largest absolute Gasteiger partial charge is 0.618 e. The summed E-state index contributed by atoms with van der Waals surface area (Å²) in [6.07, 6.45) is 0. The van der Waals surface area contributed by atoms with Gasteiger partial charge in [-0.15, -0.1) is 0 Å².